The summed E-state index contributed by atoms with van der Waals surface area (Å²) >= 11 is 0. The fraction of sp³-hybridized carbons (Fsp3) is 0.417. The molecule has 0 spiro atoms. The molecule has 1 aliphatic heterocycles. The lowest BCUT2D eigenvalue weighted by Crippen LogP contribution is -2.57. The van der Waals surface area contributed by atoms with E-state index in [0.717, 1.165) is 12.1 Å². The first-order valence-electron chi connectivity index (χ1n) is 5.72. The van der Waals surface area contributed by atoms with Gasteiger partial charge in [0.05, 0.1) is 25.2 Å². The molecule has 1 fully saturated rings. The Hall–Kier alpha value is -1.76. The van der Waals surface area contributed by atoms with Crippen LogP contribution in [0.5, 0.6) is 5.75 Å². The lowest BCUT2D eigenvalue weighted by molar-refractivity contribution is -0.138. The van der Waals surface area contributed by atoms with Gasteiger partial charge in [-0.1, -0.05) is 6.07 Å². The number of hydrogen-bond acceptors (Lipinski definition) is 3. The van der Waals surface area contributed by atoms with Crippen LogP contribution in [0, 0.1) is 0 Å². The lowest BCUT2D eigenvalue weighted by atomic mass is 10.1. The number of halogens is 3. The monoisotopic (exact) mass is 274 g/mol. The van der Waals surface area contributed by atoms with Crippen molar-refractivity contribution < 1.29 is 22.7 Å². The maximum atomic E-state index is 12.5. The molecule has 0 aliphatic carbocycles. The van der Waals surface area contributed by atoms with Gasteiger partial charge in [0.1, 0.15) is 11.9 Å². The van der Waals surface area contributed by atoms with E-state index < -0.39 is 11.7 Å². The Balaban J connectivity index is 1.93. The second kappa shape index (κ2) is 5.08. The van der Waals surface area contributed by atoms with Crippen LogP contribution in [0.3, 0.4) is 0 Å². The summed E-state index contributed by atoms with van der Waals surface area (Å²) in [6.07, 6.45) is -4.67. The predicted octanol–water partition coefficient (Wildman–Crippen LogP) is 1.25. The van der Waals surface area contributed by atoms with Crippen molar-refractivity contribution in [1.29, 1.82) is 0 Å². The van der Waals surface area contributed by atoms with Crippen molar-refractivity contribution in [3.63, 3.8) is 0 Å². The number of rotatable bonds is 3. The number of benzene rings is 1. The Labute approximate surface area is 107 Å². The van der Waals surface area contributed by atoms with Gasteiger partial charge in [0, 0.05) is 0 Å². The Morgan fingerprint density at radius 2 is 2.11 bits per heavy atom. The average Bonchev–Trinajstić information content (AvgIpc) is 2.31. The average molecular weight is 274 g/mol. The summed E-state index contributed by atoms with van der Waals surface area (Å²) in [6, 6.07) is 4.69. The summed E-state index contributed by atoms with van der Waals surface area (Å²) in [5.41, 5.74) is 4.44. The minimum atomic E-state index is -4.39. The number of ether oxygens (including phenoxy) is 1. The highest BCUT2D eigenvalue weighted by Gasteiger charge is 2.33. The van der Waals surface area contributed by atoms with E-state index in [1.807, 2.05) is 0 Å². The van der Waals surface area contributed by atoms with Crippen LogP contribution < -0.4 is 10.5 Å². The zero-order chi connectivity index (χ0) is 14.0. The second-order valence-electron chi connectivity index (χ2n) is 4.27. The number of hydrogen-bond donors (Lipinski definition) is 1. The van der Waals surface area contributed by atoms with Crippen molar-refractivity contribution in [2.24, 2.45) is 5.73 Å². The first-order valence-corrected chi connectivity index (χ1v) is 5.72. The van der Waals surface area contributed by atoms with Crippen LogP contribution in [-0.2, 0) is 11.0 Å². The van der Waals surface area contributed by atoms with E-state index in [1.54, 1.807) is 0 Å². The zero-order valence-electron chi connectivity index (χ0n) is 9.98. The van der Waals surface area contributed by atoms with Gasteiger partial charge in [0.15, 0.2) is 0 Å². The summed E-state index contributed by atoms with van der Waals surface area (Å²) in [7, 11) is 0. The van der Waals surface area contributed by atoms with Crippen molar-refractivity contribution in [2.75, 3.05) is 19.6 Å². The number of carbonyl (C=O) groups excluding carboxylic acids is 1. The molecule has 0 aromatic heterocycles. The van der Waals surface area contributed by atoms with Crippen molar-refractivity contribution >= 4 is 5.91 Å². The fourth-order valence-corrected chi connectivity index (χ4v) is 1.78. The van der Waals surface area contributed by atoms with Crippen LogP contribution in [-0.4, -0.2) is 36.5 Å². The summed E-state index contributed by atoms with van der Waals surface area (Å²) in [5.74, 6) is -0.0384. The number of carbonyl (C=O) groups is 1. The van der Waals surface area contributed by atoms with Gasteiger partial charge in [0.25, 0.3) is 0 Å². The summed E-state index contributed by atoms with van der Waals surface area (Å²) in [5, 5.41) is 0. The molecule has 1 aromatic rings. The van der Waals surface area contributed by atoms with Crippen molar-refractivity contribution in [3.05, 3.63) is 29.8 Å². The van der Waals surface area contributed by atoms with E-state index in [2.05, 4.69) is 0 Å². The summed E-state index contributed by atoms with van der Waals surface area (Å²) < 4.78 is 42.9. The molecule has 0 saturated carbocycles. The lowest BCUT2D eigenvalue weighted by Gasteiger charge is -2.38. The van der Waals surface area contributed by atoms with Gasteiger partial charge in [-0.05, 0) is 18.2 Å². The van der Waals surface area contributed by atoms with Crippen molar-refractivity contribution in [1.82, 2.24) is 4.90 Å². The van der Waals surface area contributed by atoms with E-state index in [9.17, 15) is 18.0 Å². The maximum absolute atomic E-state index is 12.5. The number of amides is 1. The first-order chi connectivity index (χ1) is 8.90. The van der Waals surface area contributed by atoms with E-state index in [-0.39, 0.29) is 24.3 Å². The Morgan fingerprint density at radius 3 is 2.68 bits per heavy atom. The van der Waals surface area contributed by atoms with Gasteiger partial charge in [-0.3, -0.25) is 4.79 Å². The smallest absolute Gasteiger partial charge is 0.416 e. The molecule has 0 unspecified atom stereocenters. The van der Waals surface area contributed by atoms with Crippen LogP contribution in [0.25, 0.3) is 0 Å². The summed E-state index contributed by atoms with van der Waals surface area (Å²) in [6.45, 7) is 0.634. The molecule has 2 N–H and O–H groups in total. The zero-order valence-corrected chi connectivity index (χ0v) is 9.98. The molecule has 1 heterocycles. The maximum Gasteiger partial charge on any atom is 0.416 e. The second-order valence-corrected chi connectivity index (χ2v) is 4.27. The molecule has 19 heavy (non-hydrogen) atoms. The van der Waals surface area contributed by atoms with Gasteiger partial charge in [-0.15, -0.1) is 0 Å². The molecule has 1 aromatic carbocycles. The Kier molecular flexibility index (Phi) is 3.66. The van der Waals surface area contributed by atoms with E-state index in [4.69, 9.17) is 10.5 Å². The van der Waals surface area contributed by atoms with Gasteiger partial charge >= 0.3 is 6.18 Å². The number of nitrogens with two attached hydrogens (primary N) is 1. The van der Waals surface area contributed by atoms with E-state index in [1.165, 1.54) is 17.0 Å². The third-order valence-electron chi connectivity index (χ3n) is 2.84. The van der Waals surface area contributed by atoms with E-state index in [0.29, 0.717) is 13.1 Å². The highest BCUT2D eigenvalue weighted by Crippen LogP contribution is 2.31. The summed E-state index contributed by atoms with van der Waals surface area (Å²) in [4.78, 5) is 12.7. The molecule has 104 valence electrons. The van der Waals surface area contributed by atoms with Crippen molar-refractivity contribution in [2.45, 2.75) is 12.3 Å². The van der Waals surface area contributed by atoms with Crippen LogP contribution >= 0.6 is 0 Å². The molecular formula is C12H13F3N2O2. The first kappa shape index (κ1) is 13.7. The molecule has 1 aliphatic rings. The van der Waals surface area contributed by atoms with E-state index >= 15 is 0 Å². The van der Waals surface area contributed by atoms with Crippen molar-refractivity contribution in [3.8, 4) is 5.75 Å². The molecule has 4 nitrogen and oxygen atoms in total. The predicted molar refractivity (Wildman–Crippen MR) is 61.5 cm³/mol. The van der Waals surface area contributed by atoms with Gasteiger partial charge in [-0.25, -0.2) is 0 Å². The molecular weight excluding hydrogens is 261 g/mol. The normalized spacial score (nSPS) is 16.1. The third-order valence-corrected chi connectivity index (χ3v) is 2.84. The van der Waals surface area contributed by atoms with Crippen LogP contribution in [0.4, 0.5) is 13.2 Å². The Bertz CT molecular complexity index is 470. The highest BCUT2D eigenvalue weighted by atomic mass is 19.4. The minimum absolute atomic E-state index is 0.0731. The molecule has 0 radical (unpaired) electrons. The molecule has 1 saturated heterocycles. The molecule has 0 atom stereocenters. The molecule has 7 heteroatoms. The van der Waals surface area contributed by atoms with Crippen LogP contribution in [0.2, 0.25) is 0 Å². The fourth-order valence-electron chi connectivity index (χ4n) is 1.78. The quantitative estimate of drug-likeness (QED) is 0.902. The largest absolute Gasteiger partial charge is 0.487 e. The highest BCUT2D eigenvalue weighted by molar-refractivity contribution is 5.78. The Morgan fingerprint density at radius 1 is 1.42 bits per heavy atom. The standard InChI is InChI=1S/C12H13F3N2O2/c13-12(14,15)8-2-1-3-9(4-8)19-10-6-17(7-10)11(18)5-16/h1-4,10H,5-7,16H2. The molecule has 2 rings (SSSR count). The van der Waals surface area contributed by atoms with Crippen LogP contribution in [0.15, 0.2) is 24.3 Å². The number of nitrogens with zero attached hydrogens (tertiary/aromatic N) is 1. The molecule has 1 amide bonds. The topological polar surface area (TPSA) is 55.6 Å². The number of alkyl halides is 3. The molecule has 0 bridgehead atoms. The SMILES string of the molecule is NCC(=O)N1CC(Oc2cccc(C(F)(F)F)c2)C1. The number of likely N-dealkylation sites (tertiary alicyclic amines) is 1. The third kappa shape index (κ3) is 3.17. The minimum Gasteiger partial charge on any atom is -0.487 e. The van der Waals surface area contributed by atoms with Gasteiger partial charge < -0.3 is 15.4 Å². The van der Waals surface area contributed by atoms with Crippen LogP contribution in [0.1, 0.15) is 5.56 Å². The van der Waals surface area contributed by atoms with Gasteiger partial charge in [0.2, 0.25) is 5.91 Å². The van der Waals surface area contributed by atoms with Gasteiger partial charge in [-0.2, -0.15) is 13.2 Å².